The van der Waals surface area contributed by atoms with Crippen molar-refractivity contribution >= 4 is 5.97 Å². The van der Waals surface area contributed by atoms with Crippen molar-refractivity contribution in [1.82, 2.24) is 5.32 Å². The van der Waals surface area contributed by atoms with E-state index in [0.29, 0.717) is 12.1 Å². The second kappa shape index (κ2) is 6.68. The lowest BCUT2D eigenvalue weighted by Crippen LogP contribution is -2.48. The minimum absolute atomic E-state index is 0.244. The zero-order valence-electron chi connectivity index (χ0n) is 11.5. The highest BCUT2D eigenvalue weighted by Crippen LogP contribution is 2.26. The molecule has 1 fully saturated rings. The van der Waals surface area contributed by atoms with E-state index < -0.39 is 6.04 Å². The average Bonchev–Trinajstić information content (AvgIpc) is 2.41. The van der Waals surface area contributed by atoms with Crippen molar-refractivity contribution in [3.05, 3.63) is 35.9 Å². The van der Waals surface area contributed by atoms with Crippen molar-refractivity contribution in [3.8, 4) is 0 Å². The van der Waals surface area contributed by atoms with Gasteiger partial charge in [-0.05, 0) is 25.3 Å². The fourth-order valence-corrected chi connectivity index (χ4v) is 2.37. The smallest absolute Gasteiger partial charge is 0.327 e. The van der Waals surface area contributed by atoms with Crippen LogP contribution < -0.4 is 5.32 Å². The van der Waals surface area contributed by atoms with E-state index in [9.17, 15) is 4.79 Å². The topological polar surface area (TPSA) is 47.6 Å². The molecule has 1 unspecified atom stereocenters. The summed E-state index contributed by atoms with van der Waals surface area (Å²) in [5.41, 5.74) is 0.939. The molecule has 1 atom stereocenters. The van der Waals surface area contributed by atoms with Crippen LogP contribution in [0.5, 0.6) is 0 Å². The molecule has 0 aliphatic heterocycles. The number of benzene rings is 1. The van der Waals surface area contributed by atoms with Gasteiger partial charge in [-0.2, -0.15) is 0 Å². The number of rotatable bonds is 6. The highest BCUT2D eigenvalue weighted by atomic mass is 16.5. The van der Waals surface area contributed by atoms with Crippen LogP contribution in [0.4, 0.5) is 0 Å². The van der Waals surface area contributed by atoms with Crippen LogP contribution in [0.1, 0.15) is 31.4 Å². The minimum atomic E-state index is -0.390. The van der Waals surface area contributed by atoms with E-state index in [-0.39, 0.29) is 5.97 Å². The fraction of sp³-hybridized carbons (Fsp3) is 0.533. The molecule has 1 aromatic carbocycles. The van der Waals surface area contributed by atoms with Crippen molar-refractivity contribution in [1.29, 1.82) is 0 Å². The van der Waals surface area contributed by atoms with Gasteiger partial charge in [0.15, 0.2) is 0 Å². The Labute approximate surface area is 114 Å². The zero-order valence-corrected chi connectivity index (χ0v) is 11.5. The maximum Gasteiger partial charge on any atom is 0.327 e. The summed E-state index contributed by atoms with van der Waals surface area (Å²) in [6, 6.07) is 9.60. The number of nitrogens with one attached hydrogen (secondary N) is 1. The number of ether oxygens (including phenoxy) is 2. The van der Waals surface area contributed by atoms with Crippen LogP contribution >= 0.6 is 0 Å². The Hall–Kier alpha value is -1.39. The molecule has 1 aliphatic rings. The second-order valence-corrected chi connectivity index (χ2v) is 4.78. The van der Waals surface area contributed by atoms with Crippen LogP contribution in [-0.2, 0) is 14.3 Å². The van der Waals surface area contributed by atoms with E-state index in [1.165, 1.54) is 7.11 Å². The molecule has 4 heteroatoms. The molecule has 0 heterocycles. The van der Waals surface area contributed by atoms with E-state index in [1.54, 1.807) is 0 Å². The van der Waals surface area contributed by atoms with Crippen LogP contribution in [0.3, 0.4) is 0 Å². The number of hydrogen-bond donors (Lipinski definition) is 1. The summed E-state index contributed by atoms with van der Waals surface area (Å²) in [5, 5.41) is 3.35. The number of esters is 1. The van der Waals surface area contributed by atoms with Gasteiger partial charge in [0, 0.05) is 12.6 Å². The summed E-state index contributed by atoms with van der Waals surface area (Å²) in [6.45, 7) is 2.75. The Morgan fingerprint density at radius 3 is 2.63 bits per heavy atom. The van der Waals surface area contributed by atoms with Crippen LogP contribution in [0.15, 0.2) is 30.3 Å². The lowest BCUT2D eigenvalue weighted by atomic mass is 9.88. The lowest BCUT2D eigenvalue weighted by molar-refractivity contribution is -0.144. The van der Waals surface area contributed by atoms with Crippen LogP contribution in [0.2, 0.25) is 0 Å². The average molecular weight is 263 g/mol. The highest BCUT2D eigenvalue weighted by Gasteiger charge is 2.33. The van der Waals surface area contributed by atoms with Gasteiger partial charge < -0.3 is 9.47 Å². The molecule has 0 radical (unpaired) electrons. The molecule has 2 rings (SSSR count). The van der Waals surface area contributed by atoms with E-state index in [1.807, 2.05) is 37.3 Å². The van der Waals surface area contributed by atoms with Gasteiger partial charge in [0.2, 0.25) is 0 Å². The van der Waals surface area contributed by atoms with Gasteiger partial charge in [-0.15, -0.1) is 0 Å². The fourth-order valence-electron chi connectivity index (χ4n) is 2.37. The number of methoxy groups -OCH3 is 1. The maximum atomic E-state index is 11.9. The Kier molecular flexibility index (Phi) is 4.93. The van der Waals surface area contributed by atoms with Gasteiger partial charge >= 0.3 is 5.97 Å². The standard InChI is InChI=1S/C15H21NO3/c1-3-19-13-9-12(10-13)16-14(15(17)18-2)11-7-5-4-6-8-11/h4-8,12-14,16H,3,9-10H2,1-2H3. The van der Waals surface area contributed by atoms with Gasteiger partial charge in [-0.1, -0.05) is 30.3 Å². The van der Waals surface area contributed by atoms with E-state index in [0.717, 1.165) is 25.0 Å². The summed E-state index contributed by atoms with van der Waals surface area (Å²) in [4.78, 5) is 11.9. The molecule has 1 saturated carbocycles. The Balaban J connectivity index is 1.95. The van der Waals surface area contributed by atoms with Crippen molar-refractivity contribution in [2.24, 2.45) is 0 Å². The number of carbonyl (C=O) groups is 1. The Morgan fingerprint density at radius 1 is 1.37 bits per heavy atom. The van der Waals surface area contributed by atoms with Gasteiger partial charge in [0.25, 0.3) is 0 Å². The molecule has 0 saturated heterocycles. The third-order valence-corrected chi connectivity index (χ3v) is 3.47. The molecule has 0 amide bonds. The van der Waals surface area contributed by atoms with Crippen LogP contribution in [0, 0.1) is 0 Å². The predicted octanol–water partition coefficient (Wildman–Crippen LogP) is 2.06. The number of hydrogen-bond acceptors (Lipinski definition) is 4. The SMILES string of the molecule is CCOC1CC(NC(C(=O)OC)c2ccccc2)C1. The van der Waals surface area contributed by atoms with Gasteiger partial charge in [-0.3, -0.25) is 5.32 Å². The van der Waals surface area contributed by atoms with Crippen molar-refractivity contribution < 1.29 is 14.3 Å². The highest BCUT2D eigenvalue weighted by molar-refractivity contribution is 5.77. The first-order chi connectivity index (χ1) is 9.24. The second-order valence-electron chi connectivity index (χ2n) is 4.78. The lowest BCUT2D eigenvalue weighted by Gasteiger charge is -2.37. The molecule has 4 nitrogen and oxygen atoms in total. The molecule has 1 aliphatic carbocycles. The molecule has 0 spiro atoms. The van der Waals surface area contributed by atoms with E-state index in [2.05, 4.69) is 5.32 Å². The van der Waals surface area contributed by atoms with Crippen LogP contribution in [0.25, 0.3) is 0 Å². The van der Waals surface area contributed by atoms with Gasteiger partial charge in [-0.25, -0.2) is 4.79 Å². The molecule has 104 valence electrons. The third-order valence-electron chi connectivity index (χ3n) is 3.47. The largest absolute Gasteiger partial charge is 0.468 e. The first-order valence-corrected chi connectivity index (χ1v) is 6.75. The summed E-state index contributed by atoms with van der Waals surface area (Å²) >= 11 is 0. The summed E-state index contributed by atoms with van der Waals surface area (Å²) in [6.07, 6.45) is 2.24. The minimum Gasteiger partial charge on any atom is -0.468 e. The Bertz CT molecular complexity index is 401. The summed E-state index contributed by atoms with van der Waals surface area (Å²) in [7, 11) is 1.42. The zero-order chi connectivity index (χ0) is 13.7. The Morgan fingerprint density at radius 2 is 2.05 bits per heavy atom. The van der Waals surface area contributed by atoms with Crippen LogP contribution in [-0.4, -0.2) is 31.8 Å². The normalized spacial score (nSPS) is 23.5. The van der Waals surface area contributed by atoms with Gasteiger partial charge in [0.1, 0.15) is 6.04 Å². The molecule has 0 aromatic heterocycles. The van der Waals surface area contributed by atoms with E-state index >= 15 is 0 Å². The van der Waals surface area contributed by atoms with Gasteiger partial charge in [0.05, 0.1) is 13.2 Å². The van der Waals surface area contributed by atoms with Crippen molar-refractivity contribution in [3.63, 3.8) is 0 Å². The van der Waals surface area contributed by atoms with E-state index in [4.69, 9.17) is 9.47 Å². The summed E-state index contributed by atoms with van der Waals surface area (Å²) < 4.78 is 10.4. The maximum absolute atomic E-state index is 11.9. The molecule has 19 heavy (non-hydrogen) atoms. The predicted molar refractivity (Wildman–Crippen MR) is 72.8 cm³/mol. The number of carbonyl (C=O) groups excluding carboxylic acids is 1. The van der Waals surface area contributed by atoms with Crippen molar-refractivity contribution in [2.75, 3.05) is 13.7 Å². The molecule has 0 bridgehead atoms. The molecular weight excluding hydrogens is 242 g/mol. The monoisotopic (exact) mass is 263 g/mol. The molecule has 1 N–H and O–H groups in total. The van der Waals surface area contributed by atoms with Crippen molar-refractivity contribution in [2.45, 2.75) is 38.0 Å². The third kappa shape index (κ3) is 3.55. The first-order valence-electron chi connectivity index (χ1n) is 6.75. The quantitative estimate of drug-likeness (QED) is 0.798. The molecular formula is C15H21NO3. The summed E-state index contributed by atoms with van der Waals surface area (Å²) in [5.74, 6) is -0.244. The molecule has 1 aromatic rings. The first kappa shape index (κ1) is 14.0.